The Labute approximate surface area is 162 Å². The highest BCUT2D eigenvalue weighted by Gasteiger charge is 2.40. The number of hydrogen-bond acceptors (Lipinski definition) is 4. The molecule has 1 aromatic heterocycles. The number of thiophene rings is 1. The van der Waals surface area contributed by atoms with Crippen LogP contribution in [0.2, 0.25) is 0 Å². The van der Waals surface area contributed by atoms with Crippen molar-refractivity contribution >= 4 is 28.5 Å². The zero-order valence-corrected chi connectivity index (χ0v) is 15.6. The Bertz CT molecular complexity index is 994. The minimum atomic E-state index is -0.198. The van der Waals surface area contributed by atoms with Crippen molar-refractivity contribution in [2.75, 3.05) is 10.6 Å². The number of rotatable bonds is 2. The molecule has 0 bridgehead atoms. The van der Waals surface area contributed by atoms with Crippen LogP contribution in [0, 0.1) is 5.92 Å². The number of para-hydroxylation sites is 2. The minimum Gasteiger partial charge on any atom is -0.375 e. The van der Waals surface area contributed by atoms with E-state index in [1.165, 1.54) is 10.4 Å². The molecule has 0 saturated carbocycles. The molecule has 0 radical (unpaired) electrons. The SMILES string of the molecule is O=C1CC(c2ccccc2)C=C2Nc3ccccc3NC(c3cccs3)C12. The van der Waals surface area contributed by atoms with Gasteiger partial charge in [0.05, 0.1) is 23.3 Å². The quantitative estimate of drug-likeness (QED) is 0.617. The second-order valence-electron chi connectivity index (χ2n) is 7.10. The molecule has 134 valence electrons. The van der Waals surface area contributed by atoms with Crippen molar-refractivity contribution in [3.63, 3.8) is 0 Å². The second kappa shape index (κ2) is 6.71. The predicted octanol–water partition coefficient (Wildman–Crippen LogP) is 5.58. The largest absolute Gasteiger partial charge is 0.375 e. The topological polar surface area (TPSA) is 41.1 Å². The van der Waals surface area contributed by atoms with E-state index in [1.54, 1.807) is 11.3 Å². The van der Waals surface area contributed by atoms with E-state index in [-0.39, 0.29) is 23.7 Å². The van der Waals surface area contributed by atoms with E-state index >= 15 is 0 Å². The van der Waals surface area contributed by atoms with Gasteiger partial charge in [-0.3, -0.25) is 4.79 Å². The van der Waals surface area contributed by atoms with Gasteiger partial charge in [0.25, 0.3) is 0 Å². The van der Waals surface area contributed by atoms with Crippen molar-refractivity contribution in [2.45, 2.75) is 18.4 Å². The monoisotopic (exact) mass is 372 g/mol. The maximum Gasteiger partial charge on any atom is 0.145 e. The molecule has 0 spiro atoms. The molecule has 2 N–H and O–H groups in total. The van der Waals surface area contributed by atoms with Crippen molar-refractivity contribution in [3.05, 3.63) is 94.3 Å². The molecule has 3 aromatic rings. The summed E-state index contributed by atoms with van der Waals surface area (Å²) in [5.74, 6) is 0.204. The van der Waals surface area contributed by atoms with Gasteiger partial charge in [0, 0.05) is 22.9 Å². The second-order valence-corrected chi connectivity index (χ2v) is 8.07. The summed E-state index contributed by atoms with van der Waals surface area (Å²) in [6.07, 6.45) is 2.80. The smallest absolute Gasteiger partial charge is 0.145 e. The Morgan fingerprint density at radius 3 is 2.44 bits per heavy atom. The third kappa shape index (κ3) is 2.96. The van der Waals surface area contributed by atoms with Crippen LogP contribution in [0.3, 0.4) is 0 Å². The fourth-order valence-electron chi connectivity index (χ4n) is 4.12. The van der Waals surface area contributed by atoms with Crippen molar-refractivity contribution in [1.82, 2.24) is 0 Å². The molecular weight excluding hydrogens is 352 g/mol. The lowest BCUT2D eigenvalue weighted by Gasteiger charge is -2.31. The molecule has 2 aliphatic rings. The first-order chi connectivity index (χ1) is 13.3. The summed E-state index contributed by atoms with van der Waals surface area (Å²) < 4.78 is 0. The molecular formula is C23H20N2OS. The average Bonchev–Trinajstić information content (AvgIpc) is 3.17. The number of nitrogens with one attached hydrogen (secondary N) is 2. The van der Waals surface area contributed by atoms with Gasteiger partial charge in [-0.2, -0.15) is 0 Å². The number of Topliss-reactive ketones (excluding diaryl/α,β-unsaturated/α-hetero) is 1. The number of hydrogen-bond donors (Lipinski definition) is 2. The van der Waals surface area contributed by atoms with Gasteiger partial charge in [-0.25, -0.2) is 0 Å². The van der Waals surface area contributed by atoms with Crippen molar-refractivity contribution in [2.24, 2.45) is 5.92 Å². The lowest BCUT2D eigenvalue weighted by atomic mass is 9.78. The molecule has 0 saturated heterocycles. The molecule has 2 aromatic carbocycles. The molecule has 1 aliphatic heterocycles. The van der Waals surface area contributed by atoms with E-state index < -0.39 is 0 Å². The van der Waals surface area contributed by atoms with Crippen molar-refractivity contribution in [3.8, 4) is 0 Å². The molecule has 27 heavy (non-hydrogen) atoms. The summed E-state index contributed by atoms with van der Waals surface area (Å²) >= 11 is 1.70. The molecule has 1 aliphatic carbocycles. The van der Waals surface area contributed by atoms with Gasteiger partial charge in [0.15, 0.2) is 0 Å². The van der Waals surface area contributed by atoms with Crippen LogP contribution in [-0.4, -0.2) is 5.78 Å². The van der Waals surface area contributed by atoms with Crippen LogP contribution in [0.15, 0.2) is 83.9 Å². The minimum absolute atomic E-state index is 0.0448. The Morgan fingerprint density at radius 1 is 0.889 bits per heavy atom. The number of fused-ring (bicyclic) bond motifs is 2. The maximum atomic E-state index is 13.3. The molecule has 3 atom stereocenters. The average molecular weight is 372 g/mol. The summed E-state index contributed by atoms with van der Waals surface area (Å²) in [5, 5.41) is 9.27. The molecule has 3 nitrogen and oxygen atoms in total. The Balaban J connectivity index is 1.63. The van der Waals surface area contributed by atoms with E-state index in [0.29, 0.717) is 6.42 Å². The third-order valence-electron chi connectivity index (χ3n) is 5.41. The van der Waals surface area contributed by atoms with Gasteiger partial charge in [-0.1, -0.05) is 54.6 Å². The third-order valence-corrected chi connectivity index (χ3v) is 6.37. The van der Waals surface area contributed by atoms with E-state index in [0.717, 1.165) is 17.1 Å². The molecule has 0 fully saturated rings. The predicted molar refractivity (Wildman–Crippen MR) is 111 cm³/mol. The molecule has 4 heteroatoms. The van der Waals surface area contributed by atoms with Gasteiger partial charge in [0.2, 0.25) is 0 Å². The lowest BCUT2D eigenvalue weighted by Crippen LogP contribution is -2.33. The van der Waals surface area contributed by atoms with E-state index in [1.807, 2.05) is 30.3 Å². The van der Waals surface area contributed by atoms with Crippen LogP contribution < -0.4 is 10.6 Å². The van der Waals surface area contributed by atoms with Crippen LogP contribution in [0.5, 0.6) is 0 Å². The van der Waals surface area contributed by atoms with Crippen LogP contribution >= 0.6 is 11.3 Å². The van der Waals surface area contributed by atoms with Gasteiger partial charge >= 0.3 is 0 Å². The standard InChI is InChI=1S/C23H20N2OS/c26-20-14-16(15-7-2-1-3-8-15)13-19-22(20)23(21-11-6-12-27-21)25-18-10-5-4-9-17(18)24-19/h1-13,16,22-25H,14H2. The van der Waals surface area contributed by atoms with Crippen LogP contribution in [0.1, 0.15) is 28.8 Å². The van der Waals surface area contributed by atoms with E-state index in [2.05, 4.69) is 58.5 Å². The van der Waals surface area contributed by atoms with E-state index in [4.69, 9.17) is 0 Å². The number of anilines is 2. The van der Waals surface area contributed by atoms with Gasteiger partial charge in [-0.05, 0) is 29.1 Å². The first-order valence-corrected chi connectivity index (χ1v) is 10.1. The van der Waals surface area contributed by atoms with Crippen LogP contribution in [0.4, 0.5) is 11.4 Å². The van der Waals surface area contributed by atoms with Gasteiger partial charge < -0.3 is 10.6 Å². The van der Waals surface area contributed by atoms with Gasteiger partial charge in [-0.15, -0.1) is 11.3 Å². The number of carbonyl (C=O) groups excluding carboxylic acids is 1. The molecule has 3 unspecified atom stereocenters. The maximum absolute atomic E-state index is 13.3. The molecule has 5 rings (SSSR count). The highest BCUT2D eigenvalue weighted by atomic mass is 32.1. The molecule has 2 heterocycles. The number of allylic oxidation sites excluding steroid dienone is 1. The van der Waals surface area contributed by atoms with Crippen LogP contribution in [-0.2, 0) is 4.79 Å². The lowest BCUT2D eigenvalue weighted by molar-refractivity contribution is -0.122. The summed E-state index contributed by atoms with van der Waals surface area (Å²) in [4.78, 5) is 14.5. The number of carbonyl (C=O) groups is 1. The number of ketones is 1. The fourth-order valence-corrected chi connectivity index (χ4v) is 4.94. The zero-order chi connectivity index (χ0) is 18.2. The molecule has 0 amide bonds. The Morgan fingerprint density at radius 2 is 1.67 bits per heavy atom. The van der Waals surface area contributed by atoms with Crippen molar-refractivity contribution in [1.29, 1.82) is 0 Å². The highest BCUT2D eigenvalue weighted by molar-refractivity contribution is 7.10. The Hall–Kier alpha value is -2.85. The summed E-state index contributed by atoms with van der Waals surface area (Å²) in [6.45, 7) is 0. The van der Waals surface area contributed by atoms with E-state index in [9.17, 15) is 4.79 Å². The van der Waals surface area contributed by atoms with Crippen molar-refractivity contribution < 1.29 is 4.79 Å². The normalized spacial score (nSPS) is 23.9. The zero-order valence-electron chi connectivity index (χ0n) is 14.8. The first-order valence-electron chi connectivity index (χ1n) is 9.25. The fraction of sp³-hybridized carbons (Fsp3) is 0.174. The van der Waals surface area contributed by atoms with Gasteiger partial charge in [0.1, 0.15) is 5.78 Å². The Kier molecular flexibility index (Phi) is 4.06. The highest BCUT2D eigenvalue weighted by Crippen LogP contribution is 2.45. The number of benzene rings is 2. The van der Waals surface area contributed by atoms with Crippen LogP contribution in [0.25, 0.3) is 0 Å². The summed E-state index contributed by atoms with van der Waals surface area (Å²) in [5.41, 5.74) is 4.26. The first kappa shape index (κ1) is 16.3. The summed E-state index contributed by atoms with van der Waals surface area (Å²) in [7, 11) is 0. The summed E-state index contributed by atoms with van der Waals surface area (Å²) in [6, 6.07) is 22.6.